The third-order valence-electron chi connectivity index (χ3n) is 1.80. The van der Waals surface area contributed by atoms with Crippen LogP contribution in [0.3, 0.4) is 0 Å². The average molecular weight is 399 g/mol. The van der Waals surface area contributed by atoms with Crippen molar-refractivity contribution in [2.24, 2.45) is 0 Å². The Morgan fingerprint density at radius 2 is 1.57 bits per heavy atom. The quantitative estimate of drug-likeness (QED) is 0.349. The van der Waals surface area contributed by atoms with Gasteiger partial charge in [-0.1, -0.05) is 60.6 Å². The van der Waals surface area contributed by atoms with E-state index < -0.39 is 10.8 Å². The lowest BCUT2D eigenvalue weighted by atomic mass is 10.1. The van der Waals surface area contributed by atoms with E-state index in [0.29, 0.717) is 0 Å². The van der Waals surface area contributed by atoms with Gasteiger partial charge in [0.1, 0.15) is 4.83 Å². The molecule has 0 rings (SSSR count). The summed E-state index contributed by atoms with van der Waals surface area (Å²) in [6.45, 7) is 0. The maximum Gasteiger partial charge on any atom is 0.289 e. The molecule has 0 aliphatic rings. The highest BCUT2D eigenvalue weighted by Crippen LogP contribution is 2.26. The number of halogens is 3. The maximum atomic E-state index is 8.89. The number of aliphatic hydroxyl groups is 3. The molecular weight excluding hydrogens is 384 g/mol. The number of rotatable bonds is 7. The molecule has 0 aromatic carbocycles. The fourth-order valence-electron chi connectivity index (χ4n) is 1.000. The Balaban J connectivity index is 3.68. The lowest BCUT2D eigenvalue weighted by Gasteiger charge is -2.24. The van der Waals surface area contributed by atoms with Gasteiger partial charge >= 0.3 is 0 Å². The van der Waals surface area contributed by atoms with E-state index in [-0.39, 0.29) is 4.83 Å². The molecule has 0 spiro atoms. The van der Waals surface area contributed by atoms with Crippen LogP contribution in [0.5, 0.6) is 0 Å². The van der Waals surface area contributed by atoms with Crippen LogP contribution in [0.2, 0.25) is 0 Å². The van der Waals surface area contributed by atoms with E-state index in [4.69, 9.17) is 15.3 Å². The van der Waals surface area contributed by atoms with Crippen molar-refractivity contribution < 1.29 is 15.3 Å². The number of hydrogen-bond acceptors (Lipinski definition) is 3. The van der Waals surface area contributed by atoms with E-state index >= 15 is 0 Å². The van der Waals surface area contributed by atoms with Crippen molar-refractivity contribution in [1.29, 1.82) is 0 Å². The first-order valence-corrected chi connectivity index (χ1v) is 7.36. The van der Waals surface area contributed by atoms with E-state index in [1.165, 1.54) is 0 Å². The molecule has 86 valence electrons. The minimum atomic E-state index is -2.66. The van der Waals surface area contributed by atoms with Crippen molar-refractivity contribution >= 4 is 47.8 Å². The van der Waals surface area contributed by atoms with Crippen molar-refractivity contribution in [2.45, 2.75) is 41.3 Å². The molecule has 0 radical (unpaired) electrons. The molecule has 0 aromatic rings. The Hall–Kier alpha value is 1.32. The first kappa shape index (κ1) is 15.3. The van der Waals surface area contributed by atoms with Gasteiger partial charge in [0, 0.05) is 10.2 Å². The average Bonchev–Trinajstić information content (AvgIpc) is 2.09. The molecule has 3 nitrogen and oxygen atoms in total. The van der Waals surface area contributed by atoms with Gasteiger partial charge in [0.2, 0.25) is 0 Å². The van der Waals surface area contributed by atoms with E-state index in [1.54, 1.807) is 0 Å². The molecule has 0 fully saturated rings. The minimum Gasteiger partial charge on any atom is -0.343 e. The molecule has 2 unspecified atom stereocenters. The van der Waals surface area contributed by atoms with Crippen LogP contribution >= 0.6 is 47.8 Å². The zero-order valence-corrected chi connectivity index (χ0v) is 12.4. The SMILES string of the molecule is OC(O)(O)C(Br)C(Br)CCCCCBr. The molecular formula is C8H15Br3O3. The van der Waals surface area contributed by atoms with Crippen LogP contribution in [-0.2, 0) is 0 Å². The highest BCUT2D eigenvalue weighted by molar-refractivity contribution is 9.12. The van der Waals surface area contributed by atoms with Crippen LogP contribution in [0.15, 0.2) is 0 Å². The summed E-state index contributed by atoms with van der Waals surface area (Å²) in [7, 11) is 0. The van der Waals surface area contributed by atoms with Gasteiger partial charge in [0.15, 0.2) is 0 Å². The van der Waals surface area contributed by atoms with Gasteiger partial charge in [-0.15, -0.1) is 0 Å². The Morgan fingerprint density at radius 3 is 2.00 bits per heavy atom. The molecule has 0 amide bonds. The summed E-state index contributed by atoms with van der Waals surface area (Å²) >= 11 is 9.66. The van der Waals surface area contributed by atoms with Crippen molar-refractivity contribution in [3.8, 4) is 0 Å². The zero-order chi connectivity index (χ0) is 11.2. The second-order valence-electron chi connectivity index (χ2n) is 3.14. The lowest BCUT2D eigenvalue weighted by molar-refractivity contribution is -0.308. The summed E-state index contributed by atoms with van der Waals surface area (Å²) in [6.07, 6.45) is 3.96. The highest BCUT2D eigenvalue weighted by Gasteiger charge is 2.34. The molecule has 6 heteroatoms. The fourth-order valence-corrected chi connectivity index (χ4v) is 2.34. The van der Waals surface area contributed by atoms with Crippen LogP contribution in [0.4, 0.5) is 0 Å². The molecule has 14 heavy (non-hydrogen) atoms. The third kappa shape index (κ3) is 6.74. The molecule has 3 N–H and O–H groups in total. The van der Waals surface area contributed by atoms with Crippen molar-refractivity contribution in [3.05, 3.63) is 0 Å². The molecule has 2 atom stereocenters. The van der Waals surface area contributed by atoms with Gasteiger partial charge in [-0.05, 0) is 12.8 Å². The molecule has 0 aliphatic carbocycles. The van der Waals surface area contributed by atoms with E-state index in [0.717, 1.165) is 31.0 Å². The Bertz CT molecular complexity index is 149. The largest absolute Gasteiger partial charge is 0.343 e. The molecule has 0 heterocycles. The Morgan fingerprint density at radius 1 is 1.00 bits per heavy atom. The summed E-state index contributed by atoms with van der Waals surface area (Å²) < 4.78 is 0. The van der Waals surface area contributed by atoms with Gasteiger partial charge in [0.25, 0.3) is 5.97 Å². The van der Waals surface area contributed by atoms with Gasteiger partial charge < -0.3 is 15.3 Å². The number of alkyl halides is 3. The zero-order valence-electron chi connectivity index (χ0n) is 7.67. The second kappa shape index (κ2) is 7.57. The first-order chi connectivity index (χ1) is 6.39. The molecule has 0 saturated heterocycles. The molecule has 0 bridgehead atoms. The van der Waals surface area contributed by atoms with Gasteiger partial charge in [-0.2, -0.15) is 0 Å². The lowest BCUT2D eigenvalue weighted by Crippen LogP contribution is -2.43. The second-order valence-corrected chi connectivity index (χ2v) is 6.10. The van der Waals surface area contributed by atoms with Crippen molar-refractivity contribution in [2.75, 3.05) is 5.33 Å². The predicted molar refractivity (Wildman–Crippen MR) is 67.1 cm³/mol. The topological polar surface area (TPSA) is 60.7 Å². The fraction of sp³-hybridized carbons (Fsp3) is 1.00. The minimum absolute atomic E-state index is 0.155. The summed E-state index contributed by atoms with van der Waals surface area (Å²) in [4.78, 5) is -0.934. The van der Waals surface area contributed by atoms with E-state index in [1.807, 2.05) is 0 Å². The smallest absolute Gasteiger partial charge is 0.289 e. The number of unbranched alkanes of at least 4 members (excludes halogenated alkanes) is 2. The standard InChI is InChI=1S/C8H15Br3O3/c9-5-3-1-2-4-6(10)7(11)8(12,13)14/h6-7,12-14H,1-5H2. The molecule has 0 saturated carbocycles. The van der Waals surface area contributed by atoms with Crippen LogP contribution in [0.25, 0.3) is 0 Å². The first-order valence-electron chi connectivity index (χ1n) is 4.40. The molecule has 0 aromatic heterocycles. The van der Waals surface area contributed by atoms with Crippen LogP contribution in [0.1, 0.15) is 25.7 Å². The van der Waals surface area contributed by atoms with E-state index in [9.17, 15) is 0 Å². The number of hydrogen-bond donors (Lipinski definition) is 3. The Kier molecular flexibility index (Phi) is 8.28. The van der Waals surface area contributed by atoms with Crippen LogP contribution in [-0.4, -0.2) is 36.3 Å². The highest BCUT2D eigenvalue weighted by atomic mass is 79.9. The predicted octanol–water partition coefficient (Wildman–Crippen LogP) is 2.10. The van der Waals surface area contributed by atoms with Gasteiger partial charge in [-0.3, -0.25) is 0 Å². The third-order valence-corrected chi connectivity index (χ3v) is 5.31. The summed E-state index contributed by atoms with van der Waals surface area (Å²) in [5.41, 5.74) is 0. The van der Waals surface area contributed by atoms with Crippen LogP contribution in [0, 0.1) is 0 Å². The normalized spacial score (nSPS) is 16.7. The molecule has 0 aliphatic heterocycles. The van der Waals surface area contributed by atoms with Gasteiger partial charge in [-0.25, -0.2) is 0 Å². The summed E-state index contributed by atoms with van der Waals surface area (Å²) in [5.74, 6) is -2.66. The van der Waals surface area contributed by atoms with Gasteiger partial charge in [0.05, 0.1) is 0 Å². The summed E-state index contributed by atoms with van der Waals surface area (Å²) in [6, 6.07) is 0. The van der Waals surface area contributed by atoms with Crippen LogP contribution < -0.4 is 0 Å². The van der Waals surface area contributed by atoms with Crippen molar-refractivity contribution in [3.63, 3.8) is 0 Å². The van der Waals surface area contributed by atoms with E-state index in [2.05, 4.69) is 47.8 Å². The maximum absolute atomic E-state index is 8.89. The Labute approximate surface area is 109 Å². The van der Waals surface area contributed by atoms with Crippen molar-refractivity contribution in [1.82, 2.24) is 0 Å². The monoisotopic (exact) mass is 396 g/mol. The summed E-state index contributed by atoms with van der Waals surface area (Å²) in [5, 5.41) is 27.6.